The van der Waals surface area contributed by atoms with Gasteiger partial charge in [-0.1, -0.05) is 12.1 Å². The number of halogens is 1. The van der Waals surface area contributed by atoms with E-state index in [1.54, 1.807) is 7.11 Å². The van der Waals surface area contributed by atoms with Crippen LogP contribution in [0.25, 0.3) is 10.9 Å². The molecule has 0 bridgehead atoms. The molecule has 33 heavy (non-hydrogen) atoms. The normalized spacial score (nSPS) is 21.2. The molecule has 0 amide bonds. The van der Waals surface area contributed by atoms with Crippen LogP contribution in [0.1, 0.15) is 40.2 Å². The zero-order chi connectivity index (χ0) is 22.4. The molecule has 1 saturated heterocycles. The van der Waals surface area contributed by atoms with Gasteiger partial charge in [-0.2, -0.15) is 0 Å². The molecule has 1 aliphatic heterocycles. The molecule has 3 N–H and O–H groups in total. The third-order valence-corrected chi connectivity index (χ3v) is 6.99. The number of nitrogens with one attached hydrogen (secondary N) is 2. The maximum absolute atomic E-state index is 13.0. The number of ether oxygens (including phenoxy) is 1. The summed E-state index contributed by atoms with van der Waals surface area (Å²) in [4.78, 5) is 39.4. The van der Waals surface area contributed by atoms with Crippen molar-refractivity contribution in [1.29, 1.82) is 0 Å². The molecule has 2 heterocycles. The third-order valence-electron chi connectivity index (χ3n) is 6.99. The van der Waals surface area contributed by atoms with Gasteiger partial charge in [-0.15, -0.1) is 12.4 Å². The Morgan fingerprint density at radius 1 is 1.24 bits per heavy atom. The van der Waals surface area contributed by atoms with Gasteiger partial charge in [-0.3, -0.25) is 9.36 Å². The highest BCUT2D eigenvalue weighted by molar-refractivity contribution is 5.92. The SMILES string of the molecule is COc1cccc2c1CC[C@H]1CNC(CCn3c(=O)[nH]c4cc(C(=O)O)ccc4c3=O)[C@@H]21.Cl. The molecule has 8 nitrogen and oxygen atoms in total. The molecule has 2 aromatic carbocycles. The summed E-state index contributed by atoms with van der Waals surface area (Å²) in [5.74, 6) is 0.667. The average Bonchev–Trinajstić information content (AvgIpc) is 3.21. The van der Waals surface area contributed by atoms with E-state index in [0.717, 1.165) is 25.1 Å². The van der Waals surface area contributed by atoms with E-state index in [1.807, 2.05) is 12.1 Å². The molecule has 5 rings (SSSR count). The standard InChI is InChI=1S/C24H25N3O5.ClH/c1-32-20-4-2-3-16-15(20)7-6-14-12-25-18(21(14)16)9-10-27-22(28)17-8-5-13(23(29)30)11-19(17)26-24(27)31;/h2-5,8,11,14,18,21,25H,6-7,9-10,12H2,1H3,(H,26,31)(H,29,30);1H/t14-,18?,21+;/m0./s1. The van der Waals surface area contributed by atoms with E-state index in [0.29, 0.717) is 23.6 Å². The third kappa shape index (κ3) is 3.94. The molecule has 0 radical (unpaired) electrons. The van der Waals surface area contributed by atoms with E-state index >= 15 is 0 Å². The van der Waals surface area contributed by atoms with Gasteiger partial charge in [0.25, 0.3) is 5.56 Å². The zero-order valence-corrected chi connectivity index (χ0v) is 19.0. The molecule has 1 unspecified atom stereocenters. The minimum atomic E-state index is -1.11. The average molecular weight is 472 g/mol. The van der Waals surface area contributed by atoms with E-state index < -0.39 is 17.2 Å². The van der Waals surface area contributed by atoms with Crippen LogP contribution in [-0.2, 0) is 13.0 Å². The van der Waals surface area contributed by atoms with Gasteiger partial charge in [-0.05, 0) is 67.1 Å². The van der Waals surface area contributed by atoms with Gasteiger partial charge in [0, 0.05) is 18.5 Å². The first kappa shape index (κ1) is 23.1. The molecule has 3 aromatic rings. The number of aromatic amines is 1. The lowest BCUT2D eigenvalue weighted by Crippen LogP contribution is -2.38. The van der Waals surface area contributed by atoms with Crippen LogP contribution in [0.15, 0.2) is 46.0 Å². The molecular weight excluding hydrogens is 446 g/mol. The van der Waals surface area contributed by atoms with Gasteiger partial charge in [0.15, 0.2) is 0 Å². The Labute approximate surface area is 196 Å². The molecular formula is C24H26ClN3O5. The van der Waals surface area contributed by atoms with Gasteiger partial charge < -0.3 is 20.1 Å². The lowest BCUT2D eigenvalue weighted by atomic mass is 9.73. The number of nitrogens with zero attached hydrogens (tertiary/aromatic N) is 1. The van der Waals surface area contributed by atoms with Crippen LogP contribution in [0.2, 0.25) is 0 Å². The van der Waals surface area contributed by atoms with Crippen molar-refractivity contribution in [2.45, 2.75) is 37.8 Å². The van der Waals surface area contributed by atoms with Crippen LogP contribution in [0.3, 0.4) is 0 Å². The van der Waals surface area contributed by atoms with E-state index in [4.69, 9.17) is 9.84 Å². The summed E-state index contributed by atoms with van der Waals surface area (Å²) in [6.45, 7) is 1.21. The largest absolute Gasteiger partial charge is 0.496 e. The number of hydrogen-bond donors (Lipinski definition) is 3. The van der Waals surface area contributed by atoms with Gasteiger partial charge in [-0.25, -0.2) is 9.59 Å². The number of methoxy groups -OCH3 is 1. The number of aromatic nitrogens is 2. The Balaban J connectivity index is 0.00000259. The van der Waals surface area contributed by atoms with Crippen LogP contribution in [0.4, 0.5) is 0 Å². The van der Waals surface area contributed by atoms with Crippen LogP contribution in [0.5, 0.6) is 5.75 Å². The maximum atomic E-state index is 13.0. The highest BCUT2D eigenvalue weighted by Gasteiger charge is 2.40. The summed E-state index contributed by atoms with van der Waals surface area (Å²) < 4.78 is 6.79. The van der Waals surface area contributed by atoms with Crippen LogP contribution in [0, 0.1) is 5.92 Å². The second kappa shape index (κ2) is 9.03. The molecule has 3 atom stereocenters. The highest BCUT2D eigenvalue weighted by Crippen LogP contribution is 2.45. The molecule has 0 spiro atoms. The Morgan fingerprint density at radius 2 is 2.06 bits per heavy atom. The second-order valence-electron chi connectivity index (χ2n) is 8.61. The van der Waals surface area contributed by atoms with Crippen LogP contribution in [-0.4, -0.2) is 40.3 Å². The number of benzene rings is 2. The Morgan fingerprint density at radius 3 is 2.82 bits per heavy atom. The quantitative estimate of drug-likeness (QED) is 0.527. The molecule has 1 aromatic heterocycles. The van der Waals surface area contributed by atoms with E-state index in [1.165, 1.54) is 33.9 Å². The van der Waals surface area contributed by atoms with Gasteiger partial charge in [0.1, 0.15) is 5.75 Å². The predicted octanol–water partition coefficient (Wildman–Crippen LogP) is 2.53. The van der Waals surface area contributed by atoms with Crippen molar-refractivity contribution in [2.24, 2.45) is 5.92 Å². The molecule has 0 saturated carbocycles. The van der Waals surface area contributed by atoms with Crippen molar-refractivity contribution in [3.05, 3.63) is 73.9 Å². The second-order valence-corrected chi connectivity index (χ2v) is 8.61. The monoisotopic (exact) mass is 471 g/mol. The lowest BCUT2D eigenvalue weighted by molar-refractivity contribution is 0.0697. The Bertz CT molecular complexity index is 1330. The lowest BCUT2D eigenvalue weighted by Gasteiger charge is -2.32. The van der Waals surface area contributed by atoms with E-state index in [-0.39, 0.29) is 36.1 Å². The van der Waals surface area contributed by atoms with Crippen molar-refractivity contribution in [3.63, 3.8) is 0 Å². The molecule has 1 aliphatic carbocycles. The topological polar surface area (TPSA) is 113 Å². The van der Waals surface area contributed by atoms with Crippen molar-refractivity contribution in [3.8, 4) is 5.75 Å². The zero-order valence-electron chi connectivity index (χ0n) is 18.2. The summed E-state index contributed by atoms with van der Waals surface area (Å²) in [7, 11) is 1.70. The molecule has 2 aliphatic rings. The highest BCUT2D eigenvalue weighted by atomic mass is 35.5. The smallest absolute Gasteiger partial charge is 0.335 e. The fraction of sp³-hybridized carbons (Fsp3) is 0.375. The first-order valence-corrected chi connectivity index (χ1v) is 10.9. The number of hydrogen-bond acceptors (Lipinski definition) is 5. The number of H-pyrrole nitrogens is 1. The maximum Gasteiger partial charge on any atom is 0.335 e. The summed E-state index contributed by atoms with van der Waals surface area (Å²) in [5, 5.41) is 13.1. The van der Waals surface area contributed by atoms with E-state index in [9.17, 15) is 14.4 Å². The number of fused-ring (bicyclic) bond motifs is 4. The fourth-order valence-corrected chi connectivity index (χ4v) is 5.46. The first-order valence-electron chi connectivity index (χ1n) is 10.9. The van der Waals surface area contributed by atoms with Crippen LogP contribution < -0.4 is 21.3 Å². The van der Waals surface area contributed by atoms with Crippen molar-refractivity contribution >= 4 is 29.3 Å². The van der Waals surface area contributed by atoms with Gasteiger partial charge >= 0.3 is 11.7 Å². The summed E-state index contributed by atoms with van der Waals surface area (Å²) >= 11 is 0. The molecule has 9 heteroatoms. The number of carboxylic acids is 1. The van der Waals surface area contributed by atoms with Crippen LogP contribution >= 0.6 is 12.4 Å². The minimum absolute atomic E-state index is 0. The summed E-state index contributed by atoms with van der Waals surface area (Å²) in [6, 6.07) is 10.5. The van der Waals surface area contributed by atoms with E-state index in [2.05, 4.69) is 16.4 Å². The Hall–Kier alpha value is -3.10. The summed E-state index contributed by atoms with van der Waals surface area (Å²) in [6.07, 6.45) is 2.72. The van der Waals surface area contributed by atoms with Gasteiger partial charge in [0.05, 0.1) is 23.6 Å². The fourth-order valence-electron chi connectivity index (χ4n) is 5.46. The van der Waals surface area contributed by atoms with Crippen molar-refractivity contribution in [1.82, 2.24) is 14.9 Å². The number of carboxylic acid groups (broad SMARTS) is 1. The van der Waals surface area contributed by atoms with Crippen molar-refractivity contribution in [2.75, 3.05) is 13.7 Å². The summed E-state index contributed by atoms with van der Waals surface area (Å²) in [5.41, 5.74) is 1.91. The minimum Gasteiger partial charge on any atom is -0.496 e. The van der Waals surface area contributed by atoms with Crippen molar-refractivity contribution < 1.29 is 14.6 Å². The Kier molecular flexibility index (Phi) is 6.32. The molecule has 174 valence electrons. The predicted molar refractivity (Wildman–Crippen MR) is 127 cm³/mol. The first-order chi connectivity index (χ1) is 15.5. The van der Waals surface area contributed by atoms with Gasteiger partial charge in [0.2, 0.25) is 0 Å². The number of rotatable bonds is 5. The number of carbonyl (C=O) groups is 1. The molecule has 1 fully saturated rings. The number of aromatic carboxylic acids is 1.